The van der Waals surface area contributed by atoms with Gasteiger partial charge in [0.25, 0.3) is 0 Å². The van der Waals surface area contributed by atoms with Crippen molar-refractivity contribution in [3.8, 4) is 0 Å². The Morgan fingerprint density at radius 3 is 2.45 bits per heavy atom. The van der Waals surface area contributed by atoms with Crippen molar-refractivity contribution in [2.45, 2.75) is 27.2 Å². The van der Waals surface area contributed by atoms with Crippen LogP contribution in [0.4, 0.5) is 0 Å². The first-order valence-corrected chi connectivity index (χ1v) is 3.90. The molecule has 0 fully saturated rings. The summed E-state index contributed by atoms with van der Waals surface area (Å²) in [5, 5.41) is 0. The van der Waals surface area contributed by atoms with E-state index >= 15 is 0 Å². The molecule has 0 aliphatic heterocycles. The zero-order valence-electron chi connectivity index (χ0n) is 7.65. The van der Waals surface area contributed by atoms with Gasteiger partial charge in [0.1, 0.15) is 0 Å². The van der Waals surface area contributed by atoms with E-state index in [1.165, 1.54) is 5.57 Å². The van der Waals surface area contributed by atoms with E-state index in [0.717, 1.165) is 17.7 Å². The second-order valence-electron chi connectivity index (χ2n) is 2.61. The van der Waals surface area contributed by atoms with Gasteiger partial charge in [-0.15, -0.1) is 0 Å². The molecule has 0 aromatic rings. The molecule has 0 bridgehead atoms. The van der Waals surface area contributed by atoms with Crippen LogP contribution in [-0.2, 0) is 0 Å². The SMILES string of the molecule is C=C(/C=C(\C)CC)/C(N)=C\C. The number of rotatable bonds is 3. The molecule has 0 rings (SSSR count). The third-order valence-electron chi connectivity index (χ3n) is 1.66. The van der Waals surface area contributed by atoms with Crippen molar-refractivity contribution in [2.75, 3.05) is 0 Å². The predicted octanol–water partition coefficient (Wildman–Crippen LogP) is 2.76. The zero-order valence-corrected chi connectivity index (χ0v) is 7.65. The normalized spacial score (nSPS) is 13.4. The fraction of sp³-hybridized carbons (Fsp3) is 0.400. The summed E-state index contributed by atoms with van der Waals surface area (Å²) in [7, 11) is 0. The molecule has 0 heterocycles. The van der Waals surface area contributed by atoms with Crippen LogP contribution in [-0.4, -0.2) is 0 Å². The molecule has 1 heteroatoms. The summed E-state index contributed by atoms with van der Waals surface area (Å²) in [6, 6.07) is 0. The number of hydrogen-bond acceptors (Lipinski definition) is 1. The maximum atomic E-state index is 5.64. The highest BCUT2D eigenvalue weighted by Crippen LogP contribution is 2.08. The summed E-state index contributed by atoms with van der Waals surface area (Å²) in [4.78, 5) is 0. The highest BCUT2D eigenvalue weighted by molar-refractivity contribution is 5.36. The van der Waals surface area contributed by atoms with Crippen LogP contribution in [0.15, 0.2) is 35.6 Å². The van der Waals surface area contributed by atoms with E-state index in [1.54, 1.807) is 0 Å². The first-order chi connectivity index (χ1) is 5.11. The van der Waals surface area contributed by atoms with Crippen molar-refractivity contribution in [3.05, 3.63) is 35.6 Å². The number of nitrogens with two attached hydrogens (primary N) is 1. The lowest BCUT2D eigenvalue weighted by molar-refractivity contribution is 1.09. The smallest absolute Gasteiger partial charge is 0.0338 e. The molecule has 0 aliphatic rings. The van der Waals surface area contributed by atoms with E-state index < -0.39 is 0 Å². The predicted molar refractivity (Wildman–Crippen MR) is 51.1 cm³/mol. The van der Waals surface area contributed by atoms with Crippen LogP contribution in [0.2, 0.25) is 0 Å². The van der Waals surface area contributed by atoms with Crippen LogP contribution < -0.4 is 5.73 Å². The molecule has 62 valence electrons. The molecule has 1 nitrogen and oxygen atoms in total. The lowest BCUT2D eigenvalue weighted by Gasteiger charge is -2.00. The third-order valence-corrected chi connectivity index (χ3v) is 1.66. The number of hydrogen-bond donors (Lipinski definition) is 1. The second kappa shape index (κ2) is 4.78. The van der Waals surface area contributed by atoms with Crippen molar-refractivity contribution in [3.63, 3.8) is 0 Å². The van der Waals surface area contributed by atoms with Gasteiger partial charge < -0.3 is 5.73 Å². The van der Waals surface area contributed by atoms with E-state index in [4.69, 9.17) is 5.73 Å². The van der Waals surface area contributed by atoms with Crippen molar-refractivity contribution >= 4 is 0 Å². The number of allylic oxidation sites excluding steroid dienone is 3. The summed E-state index contributed by atoms with van der Waals surface area (Å²) in [6.07, 6.45) is 4.94. The van der Waals surface area contributed by atoms with Gasteiger partial charge in [-0.25, -0.2) is 0 Å². The fourth-order valence-electron chi connectivity index (χ4n) is 0.668. The second-order valence-corrected chi connectivity index (χ2v) is 2.61. The van der Waals surface area contributed by atoms with Gasteiger partial charge in [-0.1, -0.05) is 31.2 Å². The Morgan fingerprint density at radius 1 is 1.55 bits per heavy atom. The van der Waals surface area contributed by atoms with Gasteiger partial charge in [0, 0.05) is 5.70 Å². The quantitative estimate of drug-likeness (QED) is 0.617. The molecule has 0 atom stereocenters. The maximum Gasteiger partial charge on any atom is 0.0338 e. The van der Waals surface area contributed by atoms with E-state index in [2.05, 4.69) is 20.4 Å². The van der Waals surface area contributed by atoms with Gasteiger partial charge in [-0.05, 0) is 25.8 Å². The van der Waals surface area contributed by atoms with Crippen molar-refractivity contribution < 1.29 is 0 Å². The first kappa shape index (κ1) is 10.0. The molecular formula is C10H17N. The van der Waals surface area contributed by atoms with E-state index in [-0.39, 0.29) is 0 Å². The lowest BCUT2D eigenvalue weighted by atomic mass is 10.1. The molecular weight excluding hydrogens is 134 g/mol. The minimum absolute atomic E-state index is 0.762. The Hall–Kier alpha value is -0.980. The van der Waals surface area contributed by atoms with Crippen LogP contribution in [0.25, 0.3) is 0 Å². The van der Waals surface area contributed by atoms with E-state index in [9.17, 15) is 0 Å². The molecule has 0 saturated carbocycles. The lowest BCUT2D eigenvalue weighted by Crippen LogP contribution is -1.97. The molecule has 11 heavy (non-hydrogen) atoms. The minimum atomic E-state index is 0.762. The molecule has 0 spiro atoms. The van der Waals surface area contributed by atoms with Crippen LogP contribution in [0.5, 0.6) is 0 Å². The molecule has 0 radical (unpaired) electrons. The monoisotopic (exact) mass is 151 g/mol. The standard InChI is InChI=1S/C10H17N/c1-5-8(3)7-9(4)10(11)6-2/h6-7H,4-5,11H2,1-3H3/b8-7+,10-6+. The molecule has 0 aromatic carbocycles. The van der Waals surface area contributed by atoms with Gasteiger partial charge in [-0.2, -0.15) is 0 Å². The molecule has 0 aromatic heterocycles. The highest BCUT2D eigenvalue weighted by Gasteiger charge is 1.91. The Bertz CT molecular complexity index is 197. The summed E-state index contributed by atoms with van der Waals surface area (Å²) < 4.78 is 0. The summed E-state index contributed by atoms with van der Waals surface area (Å²) in [5.74, 6) is 0. The summed E-state index contributed by atoms with van der Waals surface area (Å²) in [5.41, 5.74) is 8.61. The maximum absolute atomic E-state index is 5.64. The van der Waals surface area contributed by atoms with Gasteiger partial charge in [0.05, 0.1) is 0 Å². The zero-order chi connectivity index (χ0) is 8.85. The van der Waals surface area contributed by atoms with Gasteiger partial charge >= 0.3 is 0 Å². The summed E-state index contributed by atoms with van der Waals surface area (Å²) >= 11 is 0. The van der Waals surface area contributed by atoms with Crippen LogP contribution in [0, 0.1) is 0 Å². The van der Waals surface area contributed by atoms with Gasteiger partial charge in [0.2, 0.25) is 0 Å². The fourth-order valence-corrected chi connectivity index (χ4v) is 0.668. The average molecular weight is 151 g/mol. The van der Waals surface area contributed by atoms with Crippen LogP contribution in [0.3, 0.4) is 0 Å². The summed E-state index contributed by atoms with van der Waals surface area (Å²) in [6.45, 7) is 9.95. The Morgan fingerprint density at radius 2 is 2.09 bits per heavy atom. The van der Waals surface area contributed by atoms with Crippen molar-refractivity contribution in [1.82, 2.24) is 0 Å². The molecule has 0 aliphatic carbocycles. The van der Waals surface area contributed by atoms with E-state index in [1.807, 2.05) is 19.1 Å². The van der Waals surface area contributed by atoms with Crippen molar-refractivity contribution in [1.29, 1.82) is 0 Å². The molecule has 0 unspecified atom stereocenters. The molecule has 2 N–H and O–H groups in total. The highest BCUT2D eigenvalue weighted by atomic mass is 14.6. The van der Waals surface area contributed by atoms with E-state index in [0.29, 0.717) is 0 Å². The van der Waals surface area contributed by atoms with Crippen LogP contribution in [0.1, 0.15) is 27.2 Å². The van der Waals surface area contributed by atoms with Gasteiger partial charge in [-0.3, -0.25) is 0 Å². The average Bonchev–Trinajstić information content (AvgIpc) is 2.02. The first-order valence-electron chi connectivity index (χ1n) is 3.90. The largest absolute Gasteiger partial charge is 0.399 e. The Balaban J connectivity index is 4.29. The van der Waals surface area contributed by atoms with Crippen LogP contribution >= 0.6 is 0 Å². The minimum Gasteiger partial charge on any atom is -0.399 e. The Labute approximate surface area is 69.3 Å². The van der Waals surface area contributed by atoms with Crippen molar-refractivity contribution in [2.24, 2.45) is 5.73 Å². The topological polar surface area (TPSA) is 26.0 Å². The Kier molecular flexibility index (Phi) is 4.35. The molecule has 0 amide bonds. The van der Waals surface area contributed by atoms with Gasteiger partial charge in [0.15, 0.2) is 0 Å². The third kappa shape index (κ3) is 3.66. The molecule has 0 saturated heterocycles.